The summed E-state index contributed by atoms with van der Waals surface area (Å²) in [7, 11) is 0. The number of hydrogen-bond donors (Lipinski definition) is 2. The molecule has 0 saturated carbocycles. The Morgan fingerprint density at radius 2 is 1.92 bits per heavy atom. The van der Waals surface area contributed by atoms with Gasteiger partial charge in [0.1, 0.15) is 11.2 Å². The van der Waals surface area contributed by atoms with Crippen LogP contribution in [-0.2, 0) is 12.7 Å². The SMILES string of the molecule is Cc1nc2c(c(CN)nn2C(C)c2ccc(C(F)(F)F)cc2)c(=O)[nH]1. The molecule has 0 spiro atoms. The normalized spacial score (nSPS) is 13.4. The fourth-order valence-electron chi connectivity index (χ4n) is 2.73. The second kappa shape index (κ2) is 5.99. The van der Waals surface area contributed by atoms with Crippen molar-refractivity contribution in [3.63, 3.8) is 0 Å². The van der Waals surface area contributed by atoms with Gasteiger partial charge in [0.15, 0.2) is 5.65 Å². The van der Waals surface area contributed by atoms with Crippen molar-refractivity contribution in [1.29, 1.82) is 0 Å². The predicted molar refractivity (Wildman–Crippen MR) is 86.0 cm³/mol. The Hall–Kier alpha value is -2.68. The molecule has 3 aromatic rings. The number of hydrogen-bond acceptors (Lipinski definition) is 4. The van der Waals surface area contributed by atoms with Gasteiger partial charge in [-0.1, -0.05) is 12.1 Å². The van der Waals surface area contributed by atoms with E-state index in [0.717, 1.165) is 12.1 Å². The number of benzene rings is 1. The third-order valence-electron chi connectivity index (χ3n) is 4.03. The standard InChI is InChI=1S/C16H16F3N5O/c1-8(10-3-5-11(6-4-10)16(17,18)19)24-14-13(12(7-20)23-24)15(25)22-9(2)21-14/h3-6,8H,7,20H2,1-2H3,(H,21,22,25). The van der Waals surface area contributed by atoms with E-state index < -0.39 is 17.8 Å². The van der Waals surface area contributed by atoms with Crippen molar-refractivity contribution in [1.82, 2.24) is 19.7 Å². The molecule has 25 heavy (non-hydrogen) atoms. The molecular weight excluding hydrogens is 335 g/mol. The summed E-state index contributed by atoms with van der Waals surface area (Å²) < 4.78 is 39.6. The zero-order valence-corrected chi connectivity index (χ0v) is 13.6. The van der Waals surface area contributed by atoms with E-state index in [9.17, 15) is 18.0 Å². The number of aryl methyl sites for hydroxylation is 1. The summed E-state index contributed by atoms with van der Waals surface area (Å²) in [5.74, 6) is 0.418. The first kappa shape index (κ1) is 17.2. The molecule has 0 radical (unpaired) electrons. The third-order valence-corrected chi connectivity index (χ3v) is 4.03. The average molecular weight is 351 g/mol. The van der Waals surface area contributed by atoms with Crippen molar-refractivity contribution in [3.05, 3.63) is 57.3 Å². The average Bonchev–Trinajstić information content (AvgIpc) is 2.92. The predicted octanol–water partition coefficient (Wildman–Crippen LogP) is 2.51. The van der Waals surface area contributed by atoms with E-state index in [1.54, 1.807) is 13.8 Å². The van der Waals surface area contributed by atoms with Crippen molar-refractivity contribution in [2.75, 3.05) is 0 Å². The van der Waals surface area contributed by atoms with Crippen LogP contribution >= 0.6 is 0 Å². The van der Waals surface area contributed by atoms with Gasteiger partial charge >= 0.3 is 6.18 Å². The molecular formula is C16H16F3N5O. The molecule has 1 atom stereocenters. The zero-order valence-electron chi connectivity index (χ0n) is 13.6. The summed E-state index contributed by atoms with van der Waals surface area (Å²) in [5.41, 5.74) is 5.96. The number of rotatable bonds is 3. The molecule has 1 aromatic carbocycles. The molecule has 0 aliphatic heterocycles. The van der Waals surface area contributed by atoms with Gasteiger partial charge in [0.2, 0.25) is 0 Å². The summed E-state index contributed by atoms with van der Waals surface area (Å²) in [6, 6.07) is 4.41. The molecule has 3 rings (SSSR count). The van der Waals surface area contributed by atoms with Crippen molar-refractivity contribution in [2.24, 2.45) is 5.73 Å². The van der Waals surface area contributed by atoms with Crippen LogP contribution in [0.2, 0.25) is 0 Å². The first-order valence-corrected chi connectivity index (χ1v) is 7.57. The smallest absolute Gasteiger partial charge is 0.325 e. The highest BCUT2D eigenvalue weighted by atomic mass is 19.4. The lowest BCUT2D eigenvalue weighted by Gasteiger charge is -2.15. The first-order chi connectivity index (χ1) is 11.7. The maximum Gasteiger partial charge on any atom is 0.416 e. The van der Waals surface area contributed by atoms with Crippen LogP contribution in [0, 0.1) is 6.92 Å². The minimum Gasteiger partial charge on any atom is -0.325 e. The first-order valence-electron chi connectivity index (χ1n) is 7.57. The highest BCUT2D eigenvalue weighted by molar-refractivity contribution is 5.77. The molecule has 132 valence electrons. The number of aromatic nitrogens is 4. The lowest BCUT2D eigenvalue weighted by atomic mass is 10.1. The Labute approximate surface area is 140 Å². The number of aromatic amines is 1. The molecule has 0 saturated heterocycles. The van der Waals surface area contributed by atoms with Gasteiger partial charge < -0.3 is 10.7 Å². The zero-order chi connectivity index (χ0) is 18.4. The fourth-order valence-corrected chi connectivity index (χ4v) is 2.73. The minimum absolute atomic E-state index is 0.0526. The Morgan fingerprint density at radius 3 is 2.48 bits per heavy atom. The second-order valence-electron chi connectivity index (χ2n) is 5.74. The quantitative estimate of drug-likeness (QED) is 0.759. The molecule has 2 aromatic heterocycles. The van der Waals surface area contributed by atoms with Crippen LogP contribution in [0.3, 0.4) is 0 Å². The van der Waals surface area contributed by atoms with Gasteiger partial charge in [-0.05, 0) is 31.5 Å². The van der Waals surface area contributed by atoms with Gasteiger partial charge in [0, 0.05) is 6.54 Å². The molecule has 3 N–H and O–H groups in total. The number of halogens is 3. The number of nitrogens with one attached hydrogen (secondary N) is 1. The number of nitrogens with zero attached hydrogens (tertiary/aromatic N) is 3. The van der Waals surface area contributed by atoms with E-state index in [-0.39, 0.29) is 12.1 Å². The molecule has 0 amide bonds. The van der Waals surface area contributed by atoms with Crippen LogP contribution in [0.4, 0.5) is 13.2 Å². The summed E-state index contributed by atoms with van der Waals surface area (Å²) in [6.45, 7) is 3.47. The molecule has 0 bridgehead atoms. The lowest BCUT2D eigenvalue weighted by molar-refractivity contribution is -0.137. The summed E-state index contributed by atoms with van der Waals surface area (Å²) >= 11 is 0. The van der Waals surface area contributed by atoms with Crippen molar-refractivity contribution < 1.29 is 13.2 Å². The number of H-pyrrole nitrogens is 1. The van der Waals surface area contributed by atoms with Gasteiger partial charge in [-0.15, -0.1) is 0 Å². The van der Waals surface area contributed by atoms with E-state index >= 15 is 0 Å². The molecule has 1 unspecified atom stereocenters. The topological polar surface area (TPSA) is 89.6 Å². The van der Waals surface area contributed by atoms with E-state index in [1.165, 1.54) is 16.8 Å². The molecule has 0 aliphatic carbocycles. The van der Waals surface area contributed by atoms with Gasteiger partial charge in [-0.3, -0.25) is 4.79 Å². The van der Waals surface area contributed by atoms with Crippen molar-refractivity contribution >= 4 is 11.0 Å². The van der Waals surface area contributed by atoms with Gasteiger partial charge in [0.25, 0.3) is 5.56 Å². The molecule has 6 nitrogen and oxygen atoms in total. The molecule has 9 heteroatoms. The Bertz CT molecular complexity index is 972. The third kappa shape index (κ3) is 3.02. The Balaban J connectivity index is 2.11. The monoisotopic (exact) mass is 351 g/mol. The van der Waals surface area contributed by atoms with E-state index in [2.05, 4.69) is 15.1 Å². The summed E-state index contributed by atoms with van der Waals surface area (Å²) in [4.78, 5) is 19.1. The van der Waals surface area contributed by atoms with Crippen LogP contribution in [0.25, 0.3) is 11.0 Å². The van der Waals surface area contributed by atoms with Crippen LogP contribution in [-0.4, -0.2) is 19.7 Å². The van der Waals surface area contributed by atoms with Crippen molar-refractivity contribution in [3.8, 4) is 0 Å². The maximum atomic E-state index is 12.7. The number of fused-ring (bicyclic) bond motifs is 1. The maximum absolute atomic E-state index is 12.7. The van der Waals surface area contributed by atoms with E-state index in [0.29, 0.717) is 28.1 Å². The van der Waals surface area contributed by atoms with Crippen LogP contribution in [0.1, 0.15) is 35.6 Å². The van der Waals surface area contributed by atoms with Gasteiger partial charge in [-0.25, -0.2) is 9.67 Å². The molecule has 0 fully saturated rings. The van der Waals surface area contributed by atoms with Gasteiger partial charge in [-0.2, -0.15) is 18.3 Å². The van der Waals surface area contributed by atoms with Gasteiger partial charge in [0.05, 0.1) is 17.3 Å². The highest BCUT2D eigenvalue weighted by Crippen LogP contribution is 2.31. The van der Waals surface area contributed by atoms with E-state index in [1.807, 2.05) is 0 Å². The largest absolute Gasteiger partial charge is 0.416 e. The van der Waals surface area contributed by atoms with Crippen LogP contribution in [0.15, 0.2) is 29.1 Å². The second-order valence-corrected chi connectivity index (χ2v) is 5.74. The molecule has 0 aliphatic rings. The minimum atomic E-state index is -4.39. The highest BCUT2D eigenvalue weighted by Gasteiger charge is 2.30. The van der Waals surface area contributed by atoms with E-state index in [4.69, 9.17) is 5.73 Å². The van der Waals surface area contributed by atoms with Crippen LogP contribution < -0.4 is 11.3 Å². The summed E-state index contributed by atoms with van der Waals surface area (Å²) in [5, 5.41) is 4.64. The number of nitrogens with two attached hydrogens (primary N) is 1. The Morgan fingerprint density at radius 1 is 1.28 bits per heavy atom. The lowest BCUT2D eigenvalue weighted by Crippen LogP contribution is -2.13. The number of alkyl halides is 3. The Kier molecular flexibility index (Phi) is 4.11. The fraction of sp³-hybridized carbons (Fsp3) is 0.312. The molecule has 2 heterocycles. The van der Waals surface area contributed by atoms with Crippen molar-refractivity contribution in [2.45, 2.75) is 32.6 Å². The summed E-state index contributed by atoms with van der Waals surface area (Å²) in [6.07, 6.45) is -4.39. The van der Waals surface area contributed by atoms with Crippen LogP contribution in [0.5, 0.6) is 0 Å².